The van der Waals surface area contributed by atoms with Gasteiger partial charge in [-0.25, -0.2) is 0 Å². The highest BCUT2D eigenvalue weighted by Gasteiger charge is 2.24. The number of rotatable bonds is 4. The highest BCUT2D eigenvalue weighted by atomic mass is 16.5. The summed E-state index contributed by atoms with van der Waals surface area (Å²) < 4.78 is 13.2. The van der Waals surface area contributed by atoms with Crippen molar-refractivity contribution in [2.75, 3.05) is 0 Å². The summed E-state index contributed by atoms with van der Waals surface area (Å²) in [7, 11) is 0. The number of allylic oxidation sites excluding steroid dienone is 4. The molecule has 0 aliphatic carbocycles. The molecule has 0 radical (unpaired) electrons. The molecule has 0 N–H and O–H groups in total. The average Bonchev–Trinajstić information content (AvgIpc) is 3.83. The highest BCUT2D eigenvalue weighted by Crippen LogP contribution is 2.47. The van der Waals surface area contributed by atoms with Crippen LogP contribution in [0.4, 0.5) is 0 Å². The van der Waals surface area contributed by atoms with Crippen LogP contribution in [0.25, 0.3) is 92.9 Å². The van der Waals surface area contributed by atoms with Crippen molar-refractivity contribution < 1.29 is 9.15 Å². The minimum Gasteiger partial charge on any atom is -0.460 e. The van der Waals surface area contributed by atoms with Gasteiger partial charge in [0.2, 0.25) is 0 Å². The minimum absolute atomic E-state index is 0.726. The first kappa shape index (κ1) is 30.7. The summed E-state index contributed by atoms with van der Waals surface area (Å²) in [6.07, 6.45) is 5.13. The number of para-hydroxylation sites is 1. The average molecular weight is 691 g/mol. The van der Waals surface area contributed by atoms with Crippen LogP contribution in [0.1, 0.15) is 18.1 Å². The van der Waals surface area contributed by atoms with Crippen LogP contribution < -0.4 is 4.74 Å². The van der Waals surface area contributed by atoms with Crippen molar-refractivity contribution in [3.8, 4) is 28.0 Å². The van der Waals surface area contributed by atoms with Crippen LogP contribution in [0.2, 0.25) is 0 Å². The van der Waals surface area contributed by atoms with Gasteiger partial charge in [0, 0.05) is 22.8 Å². The molecule has 1 aromatic heterocycles. The van der Waals surface area contributed by atoms with E-state index >= 15 is 0 Å². The van der Waals surface area contributed by atoms with E-state index in [1.165, 1.54) is 60.1 Å². The van der Waals surface area contributed by atoms with Gasteiger partial charge in [-0.1, -0.05) is 152 Å². The molecule has 0 spiro atoms. The van der Waals surface area contributed by atoms with Crippen LogP contribution >= 0.6 is 0 Å². The fourth-order valence-electron chi connectivity index (χ4n) is 8.83. The summed E-state index contributed by atoms with van der Waals surface area (Å²) >= 11 is 0. The largest absolute Gasteiger partial charge is 0.460 e. The van der Waals surface area contributed by atoms with Gasteiger partial charge in [0.1, 0.15) is 22.7 Å². The number of ether oxygens (including phenoxy) is 1. The van der Waals surface area contributed by atoms with E-state index in [1.54, 1.807) is 0 Å². The van der Waals surface area contributed by atoms with E-state index in [0.29, 0.717) is 0 Å². The summed E-state index contributed by atoms with van der Waals surface area (Å²) in [5, 5.41) is 11.9. The molecular formula is C52H34O2. The summed E-state index contributed by atoms with van der Waals surface area (Å²) in [4.78, 5) is 0. The van der Waals surface area contributed by atoms with Crippen molar-refractivity contribution >= 4 is 70.6 Å². The Hall–Kier alpha value is -6.90. The molecule has 0 saturated heterocycles. The molecule has 2 heteroatoms. The Kier molecular flexibility index (Phi) is 6.87. The van der Waals surface area contributed by atoms with Crippen LogP contribution in [0.15, 0.2) is 186 Å². The van der Waals surface area contributed by atoms with Crippen molar-refractivity contribution in [1.29, 1.82) is 0 Å². The molecule has 0 unspecified atom stereocenters. The molecule has 0 atom stereocenters. The summed E-state index contributed by atoms with van der Waals surface area (Å²) in [5.74, 6) is 1.83. The number of hydrogen-bond acceptors (Lipinski definition) is 2. The third-order valence-electron chi connectivity index (χ3n) is 11.3. The van der Waals surface area contributed by atoms with Crippen LogP contribution in [-0.2, 0) is 6.42 Å². The van der Waals surface area contributed by atoms with E-state index in [9.17, 15) is 0 Å². The fourth-order valence-corrected chi connectivity index (χ4v) is 8.83. The summed E-state index contributed by atoms with van der Waals surface area (Å²) in [6.45, 7) is 2.11. The van der Waals surface area contributed by atoms with E-state index < -0.39 is 0 Å². The lowest BCUT2D eigenvalue weighted by molar-refractivity contribution is 0.451. The maximum Gasteiger partial charge on any atom is 0.147 e. The SMILES string of the molecule is C/C=C(\C=C1/Cc2ccc3ccc4c5ccccc5oc4c3c2O1)c1cccc(-c2c3ccccc3c(-c3cccc4ccccc34)c3ccccc23)c1. The van der Waals surface area contributed by atoms with E-state index in [2.05, 4.69) is 171 Å². The molecule has 0 fully saturated rings. The Morgan fingerprint density at radius 1 is 0.537 bits per heavy atom. The van der Waals surface area contributed by atoms with Crippen LogP contribution in [0, 0.1) is 0 Å². The number of benzene rings is 9. The number of furan rings is 1. The van der Waals surface area contributed by atoms with Gasteiger partial charge in [-0.2, -0.15) is 0 Å². The maximum atomic E-state index is 6.75. The molecule has 9 aromatic carbocycles. The van der Waals surface area contributed by atoms with Crippen LogP contribution in [0.5, 0.6) is 5.75 Å². The molecule has 2 heterocycles. The predicted octanol–water partition coefficient (Wildman–Crippen LogP) is 14.5. The highest BCUT2D eigenvalue weighted by molar-refractivity contribution is 6.23. The van der Waals surface area contributed by atoms with Crippen molar-refractivity contribution in [2.45, 2.75) is 13.3 Å². The van der Waals surface area contributed by atoms with E-state index in [-0.39, 0.29) is 0 Å². The van der Waals surface area contributed by atoms with Crippen LogP contribution in [0.3, 0.4) is 0 Å². The zero-order chi connectivity index (χ0) is 35.8. The second-order valence-corrected chi connectivity index (χ2v) is 14.3. The molecule has 2 nitrogen and oxygen atoms in total. The number of hydrogen-bond donors (Lipinski definition) is 0. The van der Waals surface area contributed by atoms with Gasteiger partial charge in [0.05, 0.1) is 5.39 Å². The summed E-state index contributed by atoms with van der Waals surface area (Å²) in [5.41, 5.74) is 10.2. The van der Waals surface area contributed by atoms with E-state index in [0.717, 1.165) is 61.8 Å². The van der Waals surface area contributed by atoms with Gasteiger partial charge >= 0.3 is 0 Å². The van der Waals surface area contributed by atoms with Gasteiger partial charge in [-0.3, -0.25) is 0 Å². The van der Waals surface area contributed by atoms with Gasteiger partial charge in [0.15, 0.2) is 0 Å². The molecule has 1 aliphatic heterocycles. The standard InChI is InChI=1S/C52H34O2/c1-2-32(30-38-31-37-26-25-34-27-28-46-40-18-9-10-24-47(40)54-52(46)49(34)51(37)53-38)35-15-11-16-36(29-35)48-42-19-5-7-21-44(42)50(45-22-8-6-20-43(45)48)41-23-12-14-33-13-3-4-17-39(33)41/h2-30H,31H2,1H3/b32-2+,38-30+. The van der Waals surface area contributed by atoms with Crippen molar-refractivity contribution in [1.82, 2.24) is 0 Å². The van der Waals surface area contributed by atoms with E-state index in [4.69, 9.17) is 9.15 Å². The lowest BCUT2D eigenvalue weighted by Crippen LogP contribution is -1.93. The summed E-state index contributed by atoms with van der Waals surface area (Å²) in [6, 6.07) is 59.1. The van der Waals surface area contributed by atoms with Crippen molar-refractivity contribution in [2.24, 2.45) is 0 Å². The predicted molar refractivity (Wildman–Crippen MR) is 227 cm³/mol. The third kappa shape index (κ3) is 4.67. The normalized spacial score (nSPS) is 13.9. The zero-order valence-electron chi connectivity index (χ0n) is 29.8. The molecule has 1 aliphatic rings. The van der Waals surface area contributed by atoms with Gasteiger partial charge in [-0.05, 0) is 102 Å². The fraction of sp³-hybridized carbons (Fsp3) is 0.0385. The Balaban J connectivity index is 1.03. The lowest BCUT2D eigenvalue weighted by atomic mass is 9.84. The van der Waals surface area contributed by atoms with E-state index in [1.807, 2.05) is 12.1 Å². The quantitative estimate of drug-likeness (QED) is 0.172. The maximum absolute atomic E-state index is 6.75. The molecule has 0 bridgehead atoms. The van der Waals surface area contributed by atoms with Gasteiger partial charge in [-0.15, -0.1) is 0 Å². The van der Waals surface area contributed by atoms with Crippen LogP contribution in [-0.4, -0.2) is 0 Å². The Labute approximate surface area is 312 Å². The van der Waals surface area contributed by atoms with Gasteiger partial charge in [0.25, 0.3) is 0 Å². The first-order chi connectivity index (χ1) is 26.7. The monoisotopic (exact) mass is 690 g/mol. The first-order valence-corrected chi connectivity index (χ1v) is 18.7. The second-order valence-electron chi connectivity index (χ2n) is 14.3. The Morgan fingerprint density at radius 2 is 1.19 bits per heavy atom. The molecule has 10 aromatic rings. The number of fused-ring (bicyclic) bond motifs is 10. The van der Waals surface area contributed by atoms with Gasteiger partial charge < -0.3 is 9.15 Å². The molecule has 54 heavy (non-hydrogen) atoms. The molecule has 0 saturated carbocycles. The third-order valence-corrected chi connectivity index (χ3v) is 11.3. The van der Waals surface area contributed by atoms with Crippen molar-refractivity contribution in [3.63, 3.8) is 0 Å². The molecular weight excluding hydrogens is 657 g/mol. The zero-order valence-corrected chi connectivity index (χ0v) is 29.8. The van der Waals surface area contributed by atoms with Crippen molar-refractivity contribution in [3.05, 3.63) is 193 Å². The molecule has 0 amide bonds. The minimum atomic E-state index is 0.726. The Bertz CT molecular complexity index is 3170. The smallest absolute Gasteiger partial charge is 0.147 e. The lowest BCUT2D eigenvalue weighted by Gasteiger charge is -2.19. The Morgan fingerprint density at radius 3 is 1.96 bits per heavy atom. The second kappa shape index (κ2) is 12.1. The topological polar surface area (TPSA) is 22.4 Å². The molecule has 254 valence electrons. The molecule has 11 rings (SSSR count). The first-order valence-electron chi connectivity index (χ1n) is 18.7.